The Labute approximate surface area is 215 Å². The molecule has 0 aliphatic heterocycles. The van der Waals surface area contributed by atoms with Crippen LogP contribution in [0.3, 0.4) is 0 Å². The zero-order chi connectivity index (χ0) is 26.1. The standard InChI is InChI=1S/C29H24ClN3O3/c1-4-8-21-13-20(14-24(17-32)29(34)33-26-12-7-11-25(30)19(26)2)15-27(35-3)28(21)36-18-23-10-6-5-9-22(23)16-31/h4-7,9-15H,1,8,18H2,2-3H3,(H,33,34)/b24-14+. The third kappa shape index (κ3) is 6.13. The van der Waals surface area contributed by atoms with Gasteiger partial charge in [-0.15, -0.1) is 6.58 Å². The summed E-state index contributed by atoms with van der Waals surface area (Å²) in [5.41, 5.74) is 3.77. The van der Waals surface area contributed by atoms with Crippen LogP contribution in [0.4, 0.5) is 5.69 Å². The number of anilines is 1. The van der Waals surface area contributed by atoms with E-state index in [-0.39, 0.29) is 12.2 Å². The Morgan fingerprint density at radius 3 is 2.61 bits per heavy atom. The molecule has 6 nitrogen and oxygen atoms in total. The summed E-state index contributed by atoms with van der Waals surface area (Å²) in [5, 5.41) is 22.3. The Hall–Kier alpha value is -4.52. The summed E-state index contributed by atoms with van der Waals surface area (Å²) in [6.07, 6.45) is 3.67. The van der Waals surface area contributed by atoms with Crippen LogP contribution in [0.15, 0.2) is 72.8 Å². The molecule has 3 aromatic carbocycles. The molecule has 0 saturated heterocycles. The van der Waals surface area contributed by atoms with Gasteiger partial charge in [-0.25, -0.2) is 0 Å². The van der Waals surface area contributed by atoms with Crippen LogP contribution >= 0.6 is 11.6 Å². The predicted molar refractivity (Wildman–Crippen MR) is 141 cm³/mol. The molecule has 0 bridgehead atoms. The molecule has 36 heavy (non-hydrogen) atoms. The van der Waals surface area contributed by atoms with Gasteiger partial charge >= 0.3 is 0 Å². The van der Waals surface area contributed by atoms with Crippen molar-refractivity contribution in [2.24, 2.45) is 0 Å². The van der Waals surface area contributed by atoms with E-state index in [4.69, 9.17) is 21.1 Å². The predicted octanol–water partition coefficient (Wildman–Crippen LogP) is 6.38. The van der Waals surface area contributed by atoms with E-state index in [9.17, 15) is 15.3 Å². The lowest BCUT2D eigenvalue weighted by Gasteiger charge is -2.16. The number of benzene rings is 3. The number of ether oxygens (including phenoxy) is 2. The van der Waals surface area contributed by atoms with E-state index in [1.807, 2.05) is 24.3 Å². The summed E-state index contributed by atoms with van der Waals surface area (Å²) in [6, 6.07) is 20.0. The van der Waals surface area contributed by atoms with Gasteiger partial charge in [-0.2, -0.15) is 10.5 Å². The van der Waals surface area contributed by atoms with Gasteiger partial charge in [0.25, 0.3) is 5.91 Å². The number of nitriles is 2. The molecule has 0 fully saturated rings. The number of methoxy groups -OCH3 is 1. The molecular weight excluding hydrogens is 474 g/mol. The lowest BCUT2D eigenvalue weighted by Crippen LogP contribution is -2.14. The Kier molecular flexibility index (Phi) is 8.89. The first-order valence-corrected chi connectivity index (χ1v) is 11.4. The van der Waals surface area contributed by atoms with Crippen LogP contribution in [0.1, 0.15) is 27.8 Å². The van der Waals surface area contributed by atoms with Gasteiger partial charge in [0.1, 0.15) is 18.2 Å². The highest BCUT2D eigenvalue weighted by atomic mass is 35.5. The van der Waals surface area contributed by atoms with Crippen molar-refractivity contribution in [3.05, 3.63) is 106 Å². The molecule has 1 N–H and O–H groups in total. The third-order valence-electron chi connectivity index (χ3n) is 5.44. The average molecular weight is 498 g/mol. The lowest BCUT2D eigenvalue weighted by atomic mass is 10.0. The number of carbonyl (C=O) groups excluding carboxylic acids is 1. The molecule has 0 aliphatic carbocycles. The van der Waals surface area contributed by atoms with Crippen molar-refractivity contribution in [2.75, 3.05) is 12.4 Å². The zero-order valence-electron chi connectivity index (χ0n) is 20.0. The van der Waals surface area contributed by atoms with E-state index >= 15 is 0 Å². The molecule has 0 unspecified atom stereocenters. The monoisotopic (exact) mass is 497 g/mol. The van der Waals surface area contributed by atoms with E-state index in [1.165, 1.54) is 13.2 Å². The fourth-order valence-corrected chi connectivity index (χ4v) is 3.72. The molecule has 0 spiro atoms. The van der Waals surface area contributed by atoms with Crippen LogP contribution in [0.5, 0.6) is 11.5 Å². The lowest BCUT2D eigenvalue weighted by molar-refractivity contribution is -0.112. The van der Waals surface area contributed by atoms with Crippen LogP contribution in [0, 0.1) is 29.6 Å². The SMILES string of the molecule is C=CCc1cc(/C=C(\C#N)C(=O)Nc2cccc(Cl)c2C)cc(OC)c1OCc1ccccc1C#N. The number of rotatable bonds is 9. The number of nitrogens with one attached hydrogen (secondary N) is 1. The second kappa shape index (κ2) is 12.3. The van der Waals surface area contributed by atoms with Crippen molar-refractivity contribution in [3.8, 4) is 23.6 Å². The van der Waals surface area contributed by atoms with E-state index in [2.05, 4.69) is 18.0 Å². The van der Waals surface area contributed by atoms with Gasteiger partial charge in [0, 0.05) is 21.8 Å². The molecular formula is C29H24ClN3O3. The minimum atomic E-state index is -0.555. The summed E-state index contributed by atoms with van der Waals surface area (Å²) in [4.78, 5) is 12.8. The summed E-state index contributed by atoms with van der Waals surface area (Å²) in [6.45, 7) is 5.77. The maximum absolute atomic E-state index is 12.8. The number of hydrogen-bond donors (Lipinski definition) is 1. The van der Waals surface area contributed by atoms with Crippen LogP contribution < -0.4 is 14.8 Å². The molecule has 3 rings (SSSR count). The van der Waals surface area contributed by atoms with Crippen molar-refractivity contribution in [3.63, 3.8) is 0 Å². The number of halogens is 1. The van der Waals surface area contributed by atoms with Gasteiger partial charge in [0.05, 0.1) is 18.7 Å². The van der Waals surface area contributed by atoms with Gasteiger partial charge in [0.2, 0.25) is 0 Å². The van der Waals surface area contributed by atoms with Gasteiger partial charge in [0.15, 0.2) is 11.5 Å². The number of amides is 1. The minimum absolute atomic E-state index is 0.0856. The molecule has 0 aliphatic rings. The smallest absolute Gasteiger partial charge is 0.266 e. The molecule has 3 aromatic rings. The Morgan fingerprint density at radius 1 is 1.14 bits per heavy atom. The van der Waals surface area contributed by atoms with E-state index in [1.54, 1.807) is 49.4 Å². The van der Waals surface area contributed by atoms with Crippen molar-refractivity contribution in [1.82, 2.24) is 0 Å². The number of hydrogen-bond acceptors (Lipinski definition) is 5. The normalized spacial score (nSPS) is 10.6. The Bertz CT molecular complexity index is 1410. The molecule has 0 radical (unpaired) electrons. The first-order chi connectivity index (χ1) is 17.4. The zero-order valence-corrected chi connectivity index (χ0v) is 20.7. The van der Waals surface area contributed by atoms with Crippen molar-refractivity contribution >= 4 is 29.3 Å². The van der Waals surface area contributed by atoms with Crippen LogP contribution in [0.2, 0.25) is 5.02 Å². The summed E-state index contributed by atoms with van der Waals surface area (Å²) in [7, 11) is 1.51. The topological polar surface area (TPSA) is 95.1 Å². The van der Waals surface area contributed by atoms with Gasteiger partial charge in [-0.3, -0.25) is 4.79 Å². The van der Waals surface area contributed by atoms with Gasteiger partial charge in [-0.1, -0.05) is 41.9 Å². The molecule has 0 heterocycles. The quantitative estimate of drug-likeness (QED) is 0.210. The van der Waals surface area contributed by atoms with Crippen molar-refractivity contribution in [1.29, 1.82) is 10.5 Å². The van der Waals surface area contributed by atoms with E-state index < -0.39 is 5.91 Å². The van der Waals surface area contributed by atoms with Crippen LogP contribution in [-0.2, 0) is 17.8 Å². The average Bonchev–Trinajstić information content (AvgIpc) is 2.89. The summed E-state index contributed by atoms with van der Waals surface area (Å²) >= 11 is 6.14. The molecule has 0 aromatic heterocycles. The maximum atomic E-state index is 12.8. The van der Waals surface area contributed by atoms with Gasteiger partial charge < -0.3 is 14.8 Å². The molecule has 7 heteroatoms. The second-order valence-electron chi connectivity index (χ2n) is 7.80. The van der Waals surface area contributed by atoms with E-state index in [0.717, 1.165) is 11.1 Å². The highest BCUT2D eigenvalue weighted by Gasteiger charge is 2.16. The van der Waals surface area contributed by atoms with Crippen molar-refractivity contribution < 1.29 is 14.3 Å². The highest BCUT2D eigenvalue weighted by molar-refractivity contribution is 6.31. The van der Waals surface area contributed by atoms with Crippen LogP contribution in [0.25, 0.3) is 6.08 Å². The second-order valence-corrected chi connectivity index (χ2v) is 8.21. The molecule has 0 atom stereocenters. The minimum Gasteiger partial charge on any atom is -0.493 e. The van der Waals surface area contributed by atoms with Crippen molar-refractivity contribution in [2.45, 2.75) is 20.0 Å². The maximum Gasteiger partial charge on any atom is 0.266 e. The van der Waals surface area contributed by atoms with E-state index in [0.29, 0.717) is 45.3 Å². The molecule has 180 valence electrons. The Balaban J connectivity index is 1.94. The third-order valence-corrected chi connectivity index (χ3v) is 5.85. The number of nitrogens with zero attached hydrogens (tertiary/aromatic N) is 2. The summed E-state index contributed by atoms with van der Waals surface area (Å²) < 4.78 is 11.6. The molecule has 1 amide bonds. The first-order valence-electron chi connectivity index (χ1n) is 11.0. The fraction of sp³-hybridized carbons (Fsp3) is 0.138. The number of carbonyl (C=O) groups is 1. The summed E-state index contributed by atoms with van der Waals surface area (Å²) in [5.74, 6) is 0.374. The van der Waals surface area contributed by atoms with Gasteiger partial charge in [-0.05, 0) is 60.9 Å². The first kappa shape index (κ1) is 26.1. The molecule has 0 saturated carbocycles. The number of allylic oxidation sites excluding steroid dienone is 1. The van der Waals surface area contributed by atoms with Crippen LogP contribution in [-0.4, -0.2) is 13.0 Å². The Morgan fingerprint density at radius 2 is 1.92 bits per heavy atom. The fourth-order valence-electron chi connectivity index (χ4n) is 3.54. The highest BCUT2D eigenvalue weighted by Crippen LogP contribution is 2.35. The largest absolute Gasteiger partial charge is 0.493 e.